The summed E-state index contributed by atoms with van der Waals surface area (Å²) >= 11 is 1.48. The maximum absolute atomic E-state index is 12.6. The monoisotopic (exact) mass is 443 g/mol. The van der Waals surface area contributed by atoms with Gasteiger partial charge in [-0.3, -0.25) is 4.79 Å². The summed E-state index contributed by atoms with van der Waals surface area (Å²) in [5.74, 6) is -0.118. The van der Waals surface area contributed by atoms with E-state index >= 15 is 0 Å². The first-order chi connectivity index (χ1) is 15.0. The lowest BCUT2D eigenvalue weighted by Crippen LogP contribution is -2.32. The molecular formula is C25H33NO4S. The predicted molar refractivity (Wildman–Crippen MR) is 125 cm³/mol. The van der Waals surface area contributed by atoms with E-state index < -0.39 is 6.10 Å². The molecule has 1 saturated heterocycles. The lowest BCUT2D eigenvalue weighted by Gasteiger charge is -2.25. The Morgan fingerprint density at radius 3 is 2.68 bits per heavy atom. The van der Waals surface area contributed by atoms with Gasteiger partial charge in [-0.25, -0.2) is 4.79 Å². The minimum atomic E-state index is -0.439. The molecule has 2 heterocycles. The van der Waals surface area contributed by atoms with E-state index in [0.717, 1.165) is 67.5 Å². The first-order valence-electron chi connectivity index (χ1n) is 11.3. The van der Waals surface area contributed by atoms with Crippen molar-refractivity contribution in [1.82, 2.24) is 0 Å². The van der Waals surface area contributed by atoms with Gasteiger partial charge in [0, 0.05) is 23.0 Å². The summed E-state index contributed by atoms with van der Waals surface area (Å²) in [5.41, 5.74) is 1.84. The van der Waals surface area contributed by atoms with Crippen molar-refractivity contribution in [2.24, 2.45) is 0 Å². The largest absolute Gasteiger partial charge is 0.465 e. The van der Waals surface area contributed by atoms with Gasteiger partial charge in [-0.05, 0) is 61.9 Å². The molecule has 3 rings (SSSR count). The molecular weight excluding hydrogens is 410 g/mol. The lowest BCUT2D eigenvalue weighted by molar-refractivity contribution is -0.117. The zero-order valence-electron chi connectivity index (χ0n) is 18.5. The van der Waals surface area contributed by atoms with E-state index in [-0.39, 0.29) is 17.9 Å². The molecule has 0 saturated carbocycles. The van der Waals surface area contributed by atoms with Crippen LogP contribution >= 0.6 is 11.3 Å². The maximum atomic E-state index is 12.6. The Bertz CT molecular complexity index is 861. The van der Waals surface area contributed by atoms with Gasteiger partial charge < -0.3 is 14.7 Å². The fourth-order valence-electron chi connectivity index (χ4n) is 4.22. The van der Waals surface area contributed by atoms with Crippen molar-refractivity contribution in [2.45, 2.75) is 76.9 Å². The molecule has 168 valence electrons. The highest BCUT2D eigenvalue weighted by Gasteiger charge is 2.31. The molecule has 1 aliphatic rings. The number of unbranched alkanes of at least 4 members (excludes halogenated alkanes) is 2. The Morgan fingerprint density at radius 1 is 1.19 bits per heavy atom. The van der Waals surface area contributed by atoms with Crippen LogP contribution in [-0.2, 0) is 16.0 Å². The average Bonchev–Trinajstić information content (AvgIpc) is 3.40. The van der Waals surface area contributed by atoms with E-state index in [1.165, 1.54) is 18.4 Å². The smallest absolute Gasteiger partial charge is 0.348 e. The van der Waals surface area contributed by atoms with Crippen LogP contribution in [0.1, 0.15) is 84.5 Å². The second-order valence-electron chi connectivity index (χ2n) is 8.21. The summed E-state index contributed by atoms with van der Waals surface area (Å²) in [4.78, 5) is 27.9. The topological polar surface area (TPSA) is 66.8 Å². The third kappa shape index (κ3) is 6.17. The molecule has 0 aliphatic carbocycles. The van der Waals surface area contributed by atoms with Crippen molar-refractivity contribution in [3.8, 4) is 0 Å². The average molecular weight is 444 g/mol. The number of thiophene rings is 1. The van der Waals surface area contributed by atoms with Crippen molar-refractivity contribution in [3.05, 3.63) is 51.7 Å². The Kier molecular flexibility index (Phi) is 8.67. The van der Waals surface area contributed by atoms with Crippen LogP contribution in [0.15, 0.2) is 36.4 Å². The number of carbonyl (C=O) groups is 2. The van der Waals surface area contributed by atoms with Gasteiger partial charge in [-0.15, -0.1) is 11.3 Å². The minimum Gasteiger partial charge on any atom is -0.465 e. The molecule has 2 unspecified atom stereocenters. The highest BCUT2D eigenvalue weighted by atomic mass is 32.1. The zero-order chi connectivity index (χ0) is 22.2. The summed E-state index contributed by atoms with van der Waals surface area (Å²) in [5, 5.41) is 10.4. The number of hydrogen-bond donors (Lipinski definition) is 1. The van der Waals surface area contributed by atoms with E-state index in [0.29, 0.717) is 11.3 Å². The molecule has 2 atom stereocenters. The normalized spacial score (nSPS) is 17.2. The quantitative estimate of drug-likeness (QED) is 0.359. The lowest BCUT2D eigenvalue weighted by atomic mass is 10.0. The van der Waals surface area contributed by atoms with Crippen LogP contribution in [0.3, 0.4) is 0 Å². The summed E-state index contributed by atoms with van der Waals surface area (Å²) in [6.45, 7) is 2.16. The van der Waals surface area contributed by atoms with Crippen LogP contribution in [0.5, 0.6) is 0 Å². The molecule has 1 fully saturated rings. The minimum absolute atomic E-state index is 0.172. The van der Waals surface area contributed by atoms with Crippen LogP contribution in [0.4, 0.5) is 5.69 Å². The fourth-order valence-corrected chi connectivity index (χ4v) is 5.19. The molecule has 1 aromatic heterocycles. The first-order valence-corrected chi connectivity index (χ1v) is 12.1. The summed E-state index contributed by atoms with van der Waals surface area (Å²) in [7, 11) is 1.40. The van der Waals surface area contributed by atoms with Gasteiger partial charge in [0.25, 0.3) is 0 Å². The first kappa shape index (κ1) is 23.5. The molecule has 0 bridgehead atoms. The third-order valence-corrected chi connectivity index (χ3v) is 7.10. The van der Waals surface area contributed by atoms with Gasteiger partial charge in [-0.2, -0.15) is 0 Å². The molecule has 1 aromatic carbocycles. The zero-order valence-corrected chi connectivity index (χ0v) is 19.3. The van der Waals surface area contributed by atoms with Gasteiger partial charge in [0.1, 0.15) is 4.88 Å². The van der Waals surface area contributed by atoms with Crippen LogP contribution in [0.25, 0.3) is 0 Å². The number of nitrogens with zero attached hydrogens (tertiary/aromatic N) is 1. The number of ether oxygens (including phenoxy) is 1. The molecule has 0 spiro atoms. The number of aliphatic hydroxyl groups excluding tert-OH is 1. The Morgan fingerprint density at radius 2 is 1.97 bits per heavy atom. The van der Waals surface area contributed by atoms with E-state index in [1.807, 2.05) is 41.3 Å². The van der Waals surface area contributed by atoms with Crippen LogP contribution < -0.4 is 4.90 Å². The summed E-state index contributed by atoms with van der Waals surface area (Å²) in [6.07, 6.45) is 7.88. The van der Waals surface area contributed by atoms with E-state index in [2.05, 4.69) is 6.92 Å². The SMILES string of the molecule is CCCCCC(O)c1ccc(N2C(=O)CCC2CCCc2ccc(C(=O)OC)s2)cc1. The van der Waals surface area contributed by atoms with E-state index in [9.17, 15) is 14.7 Å². The van der Waals surface area contributed by atoms with Crippen molar-refractivity contribution >= 4 is 28.9 Å². The molecule has 1 aliphatic heterocycles. The molecule has 1 amide bonds. The highest BCUT2D eigenvalue weighted by molar-refractivity contribution is 7.13. The second-order valence-corrected chi connectivity index (χ2v) is 9.38. The van der Waals surface area contributed by atoms with Crippen LogP contribution in [-0.4, -0.2) is 30.1 Å². The van der Waals surface area contributed by atoms with Gasteiger partial charge in [-0.1, -0.05) is 38.3 Å². The maximum Gasteiger partial charge on any atom is 0.348 e. The Balaban J connectivity index is 1.55. The van der Waals surface area contributed by atoms with Crippen molar-refractivity contribution in [2.75, 3.05) is 12.0 Å². The van der Waals surface area contributed by atoms with Crippen molar-refractivity contribution in [1.29, 1.82) is 0 Å². The molecule has 31 heavy (non-hydrogen) atoms. The number of aliphatic hydroxyl groups is 1. The number of amides is 1. The number of esters is 1. The van der Waals surface area contributed by atoms with Crippen molar-refractivity contribution in [3.63, 3.8) is 0 Å². The van der Waals surface area contributed by atoms with Gasteiger partial charge in [0.2, 0.25) is 5.91 Å². The number of methoxy groups -OCH3 is 1. The number of benzene rings is 1. The fraction of sp³-hybridized carbons (Fsp3) is 0.520. The van der Waals surface area contributed by atoms with Gasteiger partial charge in [0.05, 0.1) is 13.2 Å². The second kappa shape index (κ2) is 11.4. The predicted octanol–water partition coefficient (Wildman–Crippen LogP) is 5.67. The molecule has 0 radical (unpaired) electrons. The summed E-state index contributed by atoms with van der Waals surface area (Å²) < 4.78 is 4.77. The van der Waals surface area contributed by atoms with Gasteiger partial charge >= 0.3 is 5.97 Å². The van der Waals surface area contributed by atoms with Crippen LogP contribution in [0.2, 0.25) is 0 Å². The molecule has 6 heteroatoms. The molecule has 1 N–H and O–H groups in total. The van der Waals surface area contributed by atoms with Crippen molar-refractivity contribution < 1.29 is 19.4 Å². The Labute approximate surface area is 189 Å². The summed E-state index contributed by atoms with van der Waals surface area (Å²) in [6, 6.07) is 11.8. The number of anilines is 1. The highest BCUT2D eigenvalue weighted by Crippen LogP contribution is 2.31. The van der Waals surface area contributed by atoms with Gasteiger partial charge in [0.15, 0.2) is 0 Å². The van der Waals surface area contributed by atoms with E-state index in [1.54, 1.807) is 0 Å². The number of rotatable bonds is 11. The number of aryl methyl sites for hydroxylation is 1. The number of carbonyl (C=O) groups excluding carboxylic acids is 2. The standard InChI is InChI=1S/C25H33NO4S/c1-3-4-5-9-22(27)18-10-12-20(13-11-18)26-19(14-17-24(26)28)7-6-8-21-15-16-23(31-21)25(29)30-2/h10-13,15-16,19,22,27H,3-9,14,17H2,1-2H3. The Hall–Kier alpha value is -2.18. The molecule has 5 nitrogen and oxygen atoms in total. The third-order valence-electron chi connectivity index (χ3n) is 5.97. The van der Waals surface area contributed by atoms with E-state index in [4.69, 9.17) is 4.74 Å². The molecule has 2 aromatic rings. The van der Waals surface area contributed by atoms with Crippen LogP contribution in [0, 0.1) is 0 Å². The number of hydrogen-bond acceptors (Lipinski definition) is 5.